The fraction of sp³-hybridized carbons (Fsp3) is 0.357. The van der Waals surface area contributed by atoms with Gasteiger partial charge in [0.25, 0.3) is 11.8 Å². The quantitative estimate of drug-likeness (QED) is 0.594. The smallest absolute Gasteiger partial charge is 0.386 e. The number of oxime groups is 1. The van der Waals surface area contributed by atoms with Crippen LogP contribution in [0.15, 0.2) is 29.4 Å². The van der Waals surface area contributed by atoms with E-state index in [1.165, 1.54) is 12.1 Å². The summed E-state index contributed by atoms with van der Waals surface area (Å²) < 4.78 is 37.6. The highest BCUT2D eigenvalue weighted by Crippen LogP contribution is 2.30. The lowest BCUT2D eigenvalue weighted by Gasteiger charge is -2.08. The maximum atomic E-state index is 12.5. The van der Waals surface area contributed by atoms with Gasteiger partial charge >= 0.3 is 6.18 Å². The fourth-order valence-corrected chi connectivity index (χ4v) is 1.44. The summed E-state index contributed by atoms with van der Waals surface area (Å²) in [6, 6.07) is 4.16. The molecule has 0 spiro atoms. The molecular formula is C14H16F3N3O3. The summed E-state index contributed by atoms with van der Waals surface area (Å²) >= 11 is 0. The van der Waals surface area contributed by atoms with Crippen molar-refractivity contribution in [2.24, 2.45) is 5.16 Å². The van der Waals surface area contributed by atoms with Crippen LogP contribution in [0.2, 0.25) is 0 Å². The van der Waals surface area contributed by atoms with Gasteiger partial charge in [-0.15, -0.1) is 0 Å². The van der Waals surface area contributed by atoms with Gasteiger partial charge in [0.1, 0.15) is 6.21 Å². The van der Waals surface area contributed by atoms with Gasteiger partial charge in [0.2, 0.25) is 0 Å². The molecule has 126 valence electrons. The summed E-state index contributed by atoms with van der Waals surface area (Å²) in [5.74, 6) is -1.17. The average Bonchev–Trinajstić information content (AvgIpc) is 2.49. The van der Waals surface area contributed by atoms with Crippen LogP contribution in [0, 0.1) is 0 Å². The number of hydrogen-bond acceptors (Lipinski definition) is 4. The lowest BCUT2D eigenvalue weighted by atomic mass is 10.2. The minimum absolute atomic E-state index is 0.0306. The van der Waals surface area contributed by atoms with Crippen molar-refractivity contribution in [2.45, 2.75) is 19.5 Å². The summed E-state index contributed by atoms with van der Waals surface area (Å²) in [5, 5.41) is 8.01. The topological polar surface area (TPSA) is 79.8 Å². The minimum Gasteiger partial charge on any atom is -0.386 e. The highest BCUT2D eigenvalue weighted by atomic mass is 19.4. The lowest BCUT2D eigenvalue weighted by molar-refractivity contribution is -0.137. The Balaban J connectivity index is 2.45. The number of alkyl halides is 3. The first-order valence-electron chi connectivity index (χ1n) is 6.73. The van der Waals surface area contributed by atoms with Crippen molar-refractivity contribution in [3.8, 4) is 0 Å². The molecule has 0 saturated carbocycles. The molecular weight excluding hydrogens is 315 g/mol. The molecule has 1 aromatic rings. The van der Waals surface area contributed by atoms with E-state index in [1.54, 1.807) is 0 Å². The summed E-state index contributed by atoms with van der Waals surface area (Å²) in [7, 11) is 0. The van der Waals surface area contributed by atoms with E-state index in [-0.39, 0.29) is 18.2 Å². The summed E-state index contributed by atoms with van der Waals surface area (Å²) in [5.41, 5.74) is -0.909. The van der Waals surface area contributed by atoms with Gasteiger partial charge in [-0.3, -0.25) is 9.59 Å². The normalized spacial score (nSPS) is 11.3. The van der Waals surface area contributed by atoms with Crippen LogP contribution in [0.3, 0.4) is 0 Å². The average molecular weight is 331 g/mol. The number of carbonyl (C=O) groups is 2. The highest BCUT2D eigenvalue weighted by molar-refractivity contribution is 6.31. The highest BCUT2D eigenvalue weighted by Gasteiger charge is 2.30. The van der Waals surface area contributed by atoms with Crippen molar-refractivity contribution < 1.29 is 27.6 Å². The van der Waals surface area contributed by atoms with Crippen LogP contribution in [-0.4, -0.2) is 31.2 Å². The molecule has 0 radical (unpaired) electrons. The third-order valence-corrected chi connectivity index (χ3v) is 2.47. The third kappa shape index (κ3) is 7.30. The molecule has 23 heavy (non-hydrogen) atoms. The van der Waals surface area contributed by atoms with Crippen LogP contribution in [0.1, 0.15) is 18.9 Å². The lowest BCUT2D eigenvalue weighted by Crippen LogP contribution is -2.27. The van der Waals surface area contributed by atoms with Crippen LogP contribution in [-0.2, 0) is 20.6 Å². The van der Waals surface area contributed by atoms with E-state index in [4.69, 9.17) is 0 Å². The zero-order chi connectivity index (χ0) is 17.3. The summed E-state index contributed by atoms with van der Waals surface area (Å²) in [4.78, 5) is 27.2. The Morgan fingerprint density at radius 2 is 2.09 bits per heavy atom. The number of hydrogen-bond donors (Lipinski definition) is 2. The first-order valence-corrected chi connectivity index (χ1v) is 6.73. The fourth-order valence-electron chi connectivity index (χ4n) is 1.44. The maximum absolute atomic E-state index is 12.5. The van der Waals surface area contributed by atoms with E-state index in [2.05, 4.69) is 20.6 Å². The van der Waals surface area contributed by atoms with Gasteiger partial charge in [-0.25, -0.2) is 0 Å². The van der Waals surface area contributed by atoms with Crippen molar-refractivity contribution in [2.75, 3.05) is 18.5 Å². The zero-order valence-corrected chi connectivity index (χ0v) is 12.3. The number of nitrogens with one attached hydrogen (secondary N) is 2. The largest absolute Gasteiger partial charge is 0.416 e. The number of carbonyl (C=O) groups excluding carboxylic acids is 2. The SMILES string of the molecule is CCCNC(=O)CO/N=C/C(=O)Nc1cccc(C(F)(F)F)c1. The van der Waals surface area contributed by atoms with Crippen LogP contribution < -0.4 is 10.6 Å². The molecule has 0 aliphatic carbocycles. The predicted octanol–water partition coefficient (Wildman–Crippen LogP) is 2.17. The third-order valence-electron chi connectivity index (χ3n) is 2.47. The van der Waals surface area contributed by atoms with Crippen molar-refractivity contribution in [1.82, 2.24) is 5.32 Å². The predicted molar refractivity (Wildman–Crippen MR) is 77.8 cm³/mol. The number of benzene rings is 1. The molecule has 9 heteroatoms. The molecule has 6 nitrogen and oxygen atoms in total. The Kier molecular flexibility index (Phi) is 7.04. The Hall–Kier alpha value is -2.58. The van der Waals surface area contributed by atoms with Crippen LogP contribution in [0.5, 0.6) is 0 Å². The summed E-state index contributed by atoms with van der Waals surface area (Å²) in [6.07, 6.45) is -2.99. The molecule has 0 atom stereocenters. The Morgan fingerprint density at radius 3 is 2.74 bits per heavy atom. The van der Waals surface area contributed by atoms with E-state index < -0.39 is 17.6 Å². The van der Waals surface area contributed by atoms with Gasteiger partial charge in [-0.05, 0) is 24.6 Å². The number of amides is 2. The Labute approximate surface area is 130 Å². The van der Waals surface area contributed by atoms with E-state index >= 15 is 0 Å². The van der Waals surface area contributed by atoms with Gasteiger partial charge in [0.05, 0.1) is 5.56 Å². The number of anilines is 1. The second-order valence-corrected chi connectivity index (χ2v) is 4.43. The van der Waals surface area contributed by atoms with E-state index in [1.807, 2.05) is 6.92 Å². The van der Waals surface area contributed by atoms with E-state index in [9.17, 15) is 22.8 Å². The van der Waals surface area contributed by atoms with Gasteiger partial charge in [0.15, 0.2) is 6.61 Å². The zero-order valence-electron chi connectivity index (χ0n) is 12.3. The van der Waals surface area contributed by atoms with Gasteiger partial charge in [-0.1, -0.05) is 18.1 Å². The van der Waals surface area contributed by atoms with Gasteiger partial charge < -0.3 is 15.5 Å². The molecule has 0 aliphatic rings. The number of halogens is 3. The Morgan fingerprint density at radius 1 is 1.35 bits per heavy atom. The summed E-state index contributed by atoms with van der Waals surface area (Å²) in [6.45, 7) is 2.03. The van der Waals surface area contributed by atoms with Crippen LogP contribution in [0.25, 0.3) is 0 Å². The second kappa shape index (κ2) is 8.76. The molecule has 0 saturated heterocycles. The first-order chi connectivity index (χ1) is 10.8. The van der Waals surface area contributed by atoms with Crippen LogP contribution >= 0.6 is 0 Å². The molecule has 0 unspecified atom stereocenters. The molecule has 0 fully saturated rings. The second-order valence-electron chi connectivity index (χ2n) is 4.43. The molecule has 0 aliphatic heterocycles. The monoisotopic (exact) mass is 331 g/mol. The van der Waals surface area contributed by atoms with Gasteiger partial charge in [-0.2, -0.15) is 13.2 Å². The number of rotatable bonds is 7. The van der Waals surface area contributed by atoms with Crippen LogP contribution in [0.4, 0.5) is 18.9 Å². The van der Waals surface area contributed by atoms with Crippen molar-refractivity contribution in [3.63, 3.8) is 0 Å². The molecule has 1 rings (SSSR count). The van der Waals surface area contributed by atoms with E-state index in [0.29, 0.717) is 6.54 Å². The maximum Gasteiger partial charge on any atom is 0.416 e. The molecule has 2 amide bonds. The Bertz CT molecular complexity index is 574. The van der Waals surface area contributed by atoms with Gasteiger partial charge in [0, 0.05) is 12.2 Å². The molecule has 0 aromatic heterocycles. The van der Waals surface area contributed by atoms with E-state index in [0.717, 1.165) is 24.8 Å². The molecule has 0 bridgehead atoms. The number of nitrogens with zero attached hydrogens (tertiary/aromatic N) is 1. The van der Waals surface area contributed by atoms with Crippen molar-refractivity contribution in [1.29, 1.82) is 0 Å². The molecule has 1 aromatic carbocycles. The van der Waals surface area contributed by atoms with Crippen molar-refractivity contribution >= 4 is 23.7 Å². The minimum atomic E-state index is -4.50. The molecule has 2 N–H and O–H groups in total. The van der Waals surface area contributed by atoms with Crippen molar-refractivity contribution in [3.05, 3.63) is 29.8 Å². The molecule has 0 heterocycles. The standard InChI is InChI=1S/C14H16F3N3O3/c1-2-6-18-13(22)9-23-19-8-12(21)20-11-5-3-4-10(7-11)14(15,16)17/h3-5,7-8H,2,6,9H2,1H3,(H,18,22)(H,20,21)/b19-8+. The first kappa shape index (κ1) is 18.5.